The lowest BCUT2D eigenvalue weighted by molar-refractivity contribution is -0.134. The van der Waals surface area contributed by atoms with E-state index in [-0.39, 0.29) is 18.2 Å². The molecule has 2 aromatic rings. The van der Waals surface area contributed by atoms with Gasteiger partial charge in [-0.1, -0.05) is 19.9 Å². The van der Waals surface area contributed by atoms with Crippen molar-refractivity contribution in [1.29, 1.82) is 0 Å². The molecule has 1 amide bonds. The van der Waals surface area contributed by atoms with Crippen molar-refractivity contribution in [2.24, 2.45) is 5.92 Å². The molecule has 0 saturated heterocycles. The molecule has 1 aliphatic heterocycles. The molecule has 0 unspecified atom stereocenters. The number of hydroxylamine groups is 1. The largest absolute Gasteiger partial charge is 0.496 e. The van der Waals surface area contributed by atoms with E-state index in [0.29, 0.717) is 39.5 Å². The number of ether oxygens (including phenoxy) is 3. The predicted octanol–water partition coefficient (Wildman–Crippen LogP) is 3.07. The molecule has 2 N–H and O–H groups in total. The van der Waals surface area contributed by atoms with Crippen LogP contribution in [0.5, 0.6) is 17.2 Å². The highest BCUT2D eigenvalue weighted by Gasteiger charge is 2.40. The van der Waals surface area contributed by atoms with E-state index in [1.54, 1.807) is 64.4 Å². The summed E-state index contributed by atoms with van der Waals surface area (Å²) in [5.74, 6) is 0.417. The molecule has 0 radical (unpaired) electrons. The van der Waals surface area contributed by atoms with Gasteiger partial charge < -0.3 is 14.2 Å². The van der Waals surface area contributed by atoms with E-state index >= 15 is 0 Å². The van der Waals surface area contributed by atoms with Crippen LogP contribution in [0.15, 0.2) is 29.2 Å². The number of aryl methyl sites for hydroxylation is 1. The molecule has 2 aromatic carbocycles. The zero-order chi connectivity index (χ0) is 24.5. The SMILES string of the molecule is COc1cc(C)c(S(=O)(=O)N(Cc2ccc3c(c2)OCO3)[C@@H](C(=O)NO)C(C)C)c(C)c1C. The summed E-state index contributed by atoms with van der Waals surface area (Å²) in [5.41, 5.74) is 3.96. The lowest BCUT2D eigenvalue weighted by Gasteiger charge is -2.33. The summed E-state index contributed by atoms with van der Waals surface area (Å²) in [6, 6.07) is 5.63. The van der Waals surface area contributed by atoms with Gasteiger partial charge in [-0.25, -0.2) is 13.9 Å². The maximum Gasteiger partial charge on any atom is 0.262 e. The van der Waals surface area contributed by atoms with Crippen LogP contribution in [0.2, 0.25) is 0 Å². The smallest absolute Gasteiger partial charge is 0.262 e. The second-order valence-corrected chi connectivity index (χ2v) is 10.2. The van der Waals surface area contributed by atoms with Crippen molar-refractivity contribution in [3.05, 3.63) is 46.5 Å². The van der Waals surface area contributed by atoms with Crippen molar-refractivity contribution < 1.29 is 32.6 Å². The number of amides is 1. The Morgan fingerprint density at radius 1 is 1.15 bits per heavy atom. The number of rotatable bonds is 8. The number of benzene rings is 2. The van der Waals surface area contributed by atoms with Crippen LogP contribution in [0.25, 0.3) is 0 Å². The minimum atomic E-state index is -4.19. The van der Waals surface area contributed by atoms with Crippen molar-refractivity contribution in [2.75, 3.05) is 13.9 Å². The minimum Gasteiger partial charge on any atom is -0.496 e. The molecular weight excluding hydrogens is 448 g/mol. The van der Waals surface area contributed by atoms with Crippen molar-refractivity contribution in [3.8, 4) is 17.2 Å². The molecule has 33 heavy (non-hydrogen) atoms. The Kier molecular flexibility index (Phi) is 7.20. The fourth-order valence-electron chi connectivity index (χ4n) is 4.13. The highest BCUT2D eigenvalue weighted by atomic mass is 32.2. The number of hydrogen-bond acceptors (Lipinski definition) is 7. The average molecular weight is 479 g/mol. The summed E-state index contributed by atoms with van der Waals surface area (Å²) < 4.78 is 45.5. The van der Waals surface area contributed by atoms with E-state index in [2.05, 4.69) is 0 Å². The van der Waals surface area contributed by atoms with Crippen molar-refractivity contribution in [1.82, 2.24) is 9.79 Å². The minimum absolute atomic E-state index is 0.0891. The molecule has 0 saturated carbocycles. The maximum atomic E-state index is 14.1. The molecule has 9 nitrogen and oxygen atoms in total. The summed E-state index contributed by atoms with van der Waals surface area (Å²) in [7, 11) is -2.66. The summed E-state index contributed by atoms with van der Waals surface area (Å²) in [6.45, 7) is 8.62. The van der Waals surface area contributed by atoms with Gasteiger partial charge in [-0.15, -0.1) is 0 Å². The Balaban J connectivity index is 2.18. The number of nitrogens with one attached hydrogen (secondary N) is 1. The Labute approximate surface area is 194 Å². The molecular formula is C23H30N2O7S. The second kappa shape index (κ2) is 9.58. The number of sulfonamides is 1. The fraction of sp³-hybridized carbons (Fsp3) is 0.435. The molecule has 0 aromatic heterocycles. The molecule has 1 atom stereocenters. The lowest BCUT2D eigenvalue weighted by Crippen LogP contribution is -2.51. The highest BCUT2D eigenvalue weighted by molar-refractivity contribution is 7.89. The van der Waals surface area contributed by atoms with Crippen LogP contribution < -0.4 is 19.7 Å². The Hall–Kier alpha value is -2.82. The molecule has 10 heteroatoms. The van der Waals surface area contributed by atoms with E-state index in [1.807, 2.05) is 0 Å². The number of methoxy groups -OCH3 is 1. The van der Waals surface area contributed by atoms with Gasteiger partial charge in [0.1, 0.15) is 11.8 Å². The van der Waals surface area contributed by atoms with Crippen LogP contribution in [0.3, 0.4) is 0 Å². The van der Waals surface area contributed by atoms with E-state index < -0.39 is 27.9 Å². The predicted molar refractivity (Wildman–Crippen MR) is 121 cm³/mol. The number of carbonyl (C=O) groups is 1. The molecule has 180 valence electrons. The third kappa shape index (κ3) is 4.64. The Morgan fingerprint density at radius 3 is 2.42 bits per heavy atom. The number of fused-ring (bicyclic) bond motifs is 1. The Morgan fingerprint density at radius 2 is 1.82 bits per heavy atom. The van der Waals surface area contributed by atoms with Crippen molar-refractivity contribution in [3.63, 3.8) is 0 Å². The summed E-state index contributed by atoms with van der Waals surface area (Å²) in [4.78, 5) is 12.8. The standard InChI is InChI=1S/C23H30N2O7S/c1-13(2)21(23(26)24-27)25(11-17-7-8-18-20(10-17)32-12-31-18)33(28,29)22-14(3)9-19(30-6)15(4)16(22)5/h7-10,13,21,27H,11-12H2,1-6H3,(H,24,26)/t21-/m1/s1. The van der Waals surface area contributed by atoms with Gasteiger partial charge in [0.2, 0.25) is 16.8 Å². The van der Waals surface area contributed by atoms with E-state index in [0.717, 1.165) is 4.31 Å². The van der Waals surface area contributed by atoms with Gasteiger partial charge in [0.15, 0.2) is 11.5 Å². The van der Waals surface area contributed by atoms with Crippen LogP contribution in [0.1, 0.15) is 36.1 Å². The van der Waals surface area contributed by atoms with Gasteiger partial charge >= 0.3 is 0 Å². The topological polar surface area (TPSA) is 114 Å². The average Bonchev–Trinajstić information content (AvgIpc) is 3.23. The van der Waals surface area contributed by atoms with Crippen LogP contribution in [0, 0.1) is 26.7 Å². The maximum absolute atomic E-state index is 14.1. The van der Waals surface area contributed by atoms with Gasteiger partial charge in [0.25, 0.3) is 5.91 Å². The summed E-state index contributed by atoms with van der Waals surface area (Å²) in [5, 5.41) is 9.38. The third-order valence-corrected chi connectivity index (χ3v) is 7.98. The van der Waals surface area contributed by atoms with Crippen LogP contribution in [-0.2, 0) is 21.4 Å². The molecule has 0 aliphatic carbocycles. The monoisotopic (exact) mass is 478 g/mol. The van der Waals surface area contributed by atoms with Gasteiger partial charge in [-0.2, -0.15) is 4.31 Å². The second-order valence-electron chi connectivity index (χ2n) is 8.38. The lowest BCUT2D eigenvalue weighted by atomic mass is 10.0. The normalized spacial score (nSPS) is 14.0. The van der Waals surface area contributed by atoms with Crippen molar-refractivity contribution in [2.45, 2.75) is 52.1 Å². The zero-order valence-electron chi connectivity index (χ0n) is 19.6. The first-order valence-electron chi connectivity index (χ1n) is 10.5. The Bertz CT molecular complexity index is 1160. The van der Waals surface area contributed by atoms with Gasteiger partial charge in [0, 0.05) is 6.54 Å². The van der Waals surface area contributed by atoms with E-state index in [1.165, 1.54) is 7.11 Å². The fourth-order valence-corrected chi connectivity index (χ4v) is 6.33. The van der Waals surface area contributed by atoms with Crippen LogP contribution in [0.4, 0.5) is 0 Å². The quantitative estimate of drug-likeness (QED) is 0.443. The van der Waals surface area contributed by atoms with Crippen LogP contribution in [-0.4, -0.2) is 43.8 Å². The zero-order valence-corrected chi connectivity index (χ0v) is 20.4. The summed E-state index contributed by atoms with van der Waals surface area (Å²) in [6.07, 6.45) is 0. The summed E-state index contributed by atoms with van der Waals surface area (Å²) >= 11 is 0. The molecule has 1 aliphatic rings. The first-order valence-corrected chi connectivity index (χ1v) is 12.0. The number of hydrogen-bond donors (Lipinski definition) is 2. The molecule has 0 spiro atoms. The third-order valence-electron chi connectivity index (χ3n) is 5.86. The number of nitrogens with zero attached hydrogens (tertiary/aromatic N) is 1. The van der Waals surface area contributed by atoms with Gasteiger partial charge in [-0.05, 0) is 67.1 Å². The highest BCUT2D eigenvalue weighted by Crippen LogP contribution is 2.36. The first kappa shape index (κ1) is 24.8. The molecule has 3 rings (SSSR count). The van der Waals surface area contributed by atoms with Crippen molar-refractivity contribution >= 4 is 15.9 Å². The molecule has 0 fully saturated rings. The molecule has 1 heterocycles. The first-order chi connectivity index (χ1) is 15.5. The van der Waals surface area contributed by atoms with Crippen LogP contribution >= 0.6 is 0 Å². The van der Waals surface area contributed by atoms with Gasteiger partial charge in [0.05, 0.1) is 12.0 Å². The van der Waals surface area contributed by atoms with Gasteiger partial charge in [-0.3, -0.25) is 10.0 Å². The van der Waals surface area contributed by atoms with E-state index in [9.17, 15) is 18.4 Å². The number of carbonyl (C=O) groups excluding carboxylic acids is 1. The van der Waals surface area contributed by atoms with E-state index in [4.69, 9.17) is 14.2 Å². The molecule has 0 bridgehead atoms.